The predicted octanol–water partition coefficient (Wildman–Crippen LogP) is 4.26. The summed E-state index contributed by atoms with van der Waals surface area (Å²) in [5, 5.41) is 43.7. The Bertz CT molecular complexity index is 476. The van der Waals surface area contributed by atoms with Crippen molar-refractivity contribution in [3.8, 4) is 0 Å². The maximum atomic E-state index is 10.3. The Morgan fingerprint density at radius 3 is 1.71 bits per heavy atom. The number of aliphatic hydroxyl groups excluding tert-OH is 3. The van der Waals surface area contributed by atoms with Crippen LogP contribution in [-0.2, 0) is 9.59 Å². The third-order valence-corrected chi connectivity index (χ3v) is 5.43. The van der Waals surface area contributed by atoms with E-state index in [0.29, 0.717) is 6.42 Å². The molecule has 8 nitrogen and oxygen atoms in total. The lowest BCUT2D eigenvalue weighted by molar-refractivity contribution is -0.139. The first-order chi connectivity index (χ1) is 16.4. The number of hydrogen-bond acceptors (Lipinski definition) is 6. The summed E-state index contributed by atoms with van der Waals surface area (Å²) in [7, 11) is 0. The molecule has 0 bridgehead atoms. The molecule has 1 aliphatic heterocycles. The monoisotopic (exact) mass is 489 g/mol. The van der Waals surface area contributed by atoms with Crippen LogP contribution in [0.5, 0.6) is 0 Å². The molecule has 34 heavy (non-hydrogen) atoms. The first-order valence-electron chi connectivity index (χ1n) is 13.1. The van der Waals surface area contributed by atoms with Crippen LogP contribution in [0.1, 0.15) is 110 Å². The average Bonchev–Trinajstić information content (AvgIpc) is 3.37. The number of nitrogens with one attached hydrogen (secondary N) is 1. The van der Waals surface area contributed by atoms with Crippen LogP contribution in [0.4, 0.5) is 0 Å². The van der Waals surface area contributed by atoms with E-state index in [9.17, 15) is 9.59 Å². The van der Waals surface area contributed by atoms with Crippen LogP contribution in [-0.4, -0.2) is 69.4 Å². The van der Waals surface area contributed by atoms with E-state index >= 15 is 0 Å². The highest BCUT2D eigenvalue weighted by Gasteiger charge is 2.20. The Balaban J connectivity index is 0. The first kappa shape index (κ1) is 34.7. The largest absolute Gasteiger partial charge is 0.481 e. The fourth-order valence-corrected chi connectivity index (χ4v) is 3.30. The topological polar surface area (TPSA) is 147 Å². The third kappa shape index (κ3) is 28.6. The molecule has 0 spiro atoms. The van der Waals surface area contributed by atoms with E-state index in [2.05, 4.69) is 24.4 Å². The van der Waals surface area contributed by atoms with Crippen molar-refractivity contribution in [2.75, 3.05) is 19.8 Å². The molecule has 0 radical (unpaired) electrons. The summed E-state index contributed by atoms with van der Waals surface area (Å²) in [6.45, 7) is 2.39. The lowest BCUT2D eigenvalue weighted by atomic mass is 10.1. The molecule has 0 aromatic heterocycles. The van der Waals surface area contributed by atoms with Crippen molar-refractivity contribution in [2.45, 2.75) is 122 Å². The quantitative estimate of drug-likeness (QED) is 0.124. The van der Waals surface area contributed by atoms with E-state index < -0.39 is 18.0 Å². The van der Waals surface area contributed by atoms with Gasteiger partial charge in [-0.05, 0) is 51.5 Å². The second-order valence-electron chi connectivity index (χ2n) is 8.73. The minimum absolute atomic E-state index is 0.269. The molecule has 0 aliphatic carbocycles. The SMILES string of the molecule is CCCCCCCC/C=C\CCCCCCCC(=O)O.O=C(O)[C@@H]1CCCN1.OCC(O)CO. The molecule has 1 atom stereocenters. The molecular formula is C26H51NO7. The molecular weight excluding hydrogens is 438 g/mol. The van der Waals surface area contributed by atoms with Crippen molar-refractivity contribution in [2.24, 2.45) is 0 Å². The van der Waals surface area contributed by atoms with Crippen molar-refractivity contribution in [3.63, 3.8) is 0 Å². The first-order valence-corrected chi connectivity index (χ1v) is 13.1. The van der Waals surface area contributed by atoms with Crippen LogP contribution in [0.15, 0.2) is 12.2 Å². The minimum atomic E-state index is -0.954. The highest BCUT2D eigenvalue weighted by Crippen LogP contribution is 2.09. The van der Waals surface area contributed by atoms with Gasteiger partial charge in [0.05, 0.1) is 13.2 Å². The van der Waals surface area contributed by atoms with Gasteiger partial charge < -0.3 is 30.8 Å². The van der Waals surface area contributed by atoms with Gasteiger partial charge in [-0.3, -0.25) is 9.59 Å². The Morgan fingerprint density at radius 2 is 1.35 bits per heavy atom. The molecule has 1 rings (SSSR count). The number of aliphatic hydroxyl groups is 3. The van der Waals surface area contributed by atoms with Gasteiger partial charge in [-0.25, -0.2) is 0 Å². The number of rotatable bonds is 18. The van der Waals surface area contributed by atoms with E-state index in [-0.39, 0.29) is 19.3 Å². The van der Waals surface area contributed by atoms with Gasteiger partial charge in [0.15, 0.2) is 0 Å². The number of aliphatic carboxylic acids is 2. The Labute approximate surface area is 206 Å². The van der Waals surface area contributed by atoms with Gasteiger partial charge in [0.25, 0.3) is 0 Å². The molecule has 0 aromatic carbocycles. The molecule has 202 valence electrons. The van der Waals surface area contributed by atoms with Crippen molar-refractivity contribution >= 4 is 11.9 Å². The molecule has 1 heterocycles. The van der Waals surface area contributed by atoms with E-state index in [0.717, 1.165) is 32.2 Å². The Hall–Kier alpha value is -1.48. The zero-order chi connectivity index (χ0) is 25.9. The fourth-order valence-electron chi connectivity index (χ4n) is 3.30. The second-order valence-corrected chi connectivity index (χ2v) is 8.73. The summed E-state index contributed by atoms with van der Waals surface area (Å²) in [5.74, 6) is -1.38. The summed E-state index contributed by atoms with van der Waals surface area (Å²) in [6, 6.07) is -0.269. The van der Waals surface area contributed by atoms with Crippen LogP contribution in [0.3, 0.4) is 0 Å². The van der Waals surface area contributed by atoms with E-state index in [1.54, 1.807) is 0 Å². The summed E-state index contributed by atoms with van der Waals surface area (Å²) in [6.07, 6.45) is 22.1. The minimum Gasteiger partial charge on any atom is -0.481 e. The Morgan fingerprint density at radius 1 is 0.853 bits per heavy atom. The molecule has 6 N–H and O–H groups in total. The lowest BCUT2D eigenvalue weighted by Gasteiger charge is -1.99. The number of unbranched alkanes of at least 4 members (excludes halogenated alkanes) is 11. The summed E-state index contributed by atoms with van der Waals surface area (Å²) >= 11 is 0. The maximum absolute atomic E-state index is 10.3. The van der Waals surface area contributed by atoms with Crippen LogP contribution in [0.2, 0.25) is 0 Å². The van der Waals surface area contributed by atoms with Gasteiger partial charge in [-0.15, -0.1) is 0 Å². The van der Waals surface area contributed by atoms with Gasteiger partial charge in [0.1, 0.15) is 12.1 Å². The number of allylic oxidation sites excluding steroid dienone is 2. The molecule has 0 unspecified atom stereocenters. The van der Waals surface area contributed by atoms with Crippen LogP contribution < -0.4 is 5.32 Å². The van der Waals surface area contributed by atoms with Crippen LogP contribution in [0, 0.1) is 0 Å². The number of carboxylic acids is 2. The normalized spacial score (nSPS) is 15.0. The number of carbonyl (C=O) groups is 2. The van der Waals surface area contributed by atoms with Gasteiger partial charge in [0.2, 0.25) is 0 Å². The van der Waals surface area contributed by atoms with Gasteiger partial charge >= 0.3 is 11.9 Å². The summed E-state index contributed by atoms with van der Waals surface area (Å²) in [5.41, 5.74) is 0. The highest BCUT2D eigenvalue weighted by molar-refractivity contribution is 5.73. The molecule has 0 saturated carbocycles. The molecule has 1 aliphatic rings. The molecule has 1 saturated heterocycles. The maximum Gasteiger partial charge on any atom is 0.320 e. The van der Waals surface area contributed by atoms with Crippen LogP contribution >= 0.6 is 0 Å². The number of hydrogen-bond donors (Lipinski definition) is 6. The van der Waals surface area contributed by atoms with Gasteiger partial charge in [0, 0.05) is 6.42 Å². The van der Waals surface area contributed by atoms with Crippen molar-refractivity contribution in [3.05, 3.63) is 12.2 Å². The van der Waals surface area contributed by atoms with E-state index in [4.69, 9.17) is 25.5 Å². The van der Waals surface area contributed by atoms with Crippen molar-refractivity contribution in [1.82, 2.24) is 5.32 Å². The smallest absolute Gasteiger partial charge is 0.320 e. The van der Waals surface area contributed by atoms with Crippen LogP contribution in [0.25, 0.3) is 0 Å². The van der Waals surface area contributed by atoms with Gasteiger partial charge in [-0.2, -0.15) is 0 Å². The summed E-state index contributed by atoms with van der Waals surface area (Å²) < 4.78 is 0. The van der Waals surface area contributed by atoms with E-state index in [1.807, 2.05) is 0 Å². The lowest BCUT2D eigenvalue weighted by Crippen LogP contribution is -2.29. The molecule has 0 aromatic rings. The third-order valence-electron chi connectivity index (χ3n) is 5.43. The van der Waals surface area contributed by atoms with Crippen molar-refractivity contribution < 1.29 is 35.1 Å². The predicted molar refractivity (Wildman–Crippen MR) is 136 cm³/mol. The molecule has 1 fully saturated rings. The van der Waals surface area contributed by atoms with E-state index in [1.165, 1.54) is 70.6 Å². The summed E-state index contributed by atoms with van der Waals surface area (Å²) in [4.78, 5) is 20.5. The molecule has 0 amide bonds. The zero-order valence-corrected chi connectivity index (χ0v) is 21.3. The Kier molecular flexibility index (Phi) is 28.3. The van der Waals surface area contributed by atoms with Gasteiger partial charge in [-0.1, -0.05) is 70.4 Å². The van der Waals surface area contributed by atoms with Crippen molar-refractivity contribution in [1.29, 1.82) is 0 Å². The molecule has 8 heteroatoms. The highest BCUT2D eigenvalue weighted by atomic mass is 16.4. The fraction of sp³-hybridized carbons (Fsp3) is 0.846. The standard InChI is InChI=1S/C18H34O2.C5H9NO2.C3H8O3/c1-2-3-4-5-6-7-8-9-10-11-12-13-14-15-16-17-18(19)20;7-5(8)4-2-1-3-6-4;4-1-3(6)2-5/h9-10H,2-8,11-17H2,1H3,(H,19,20);4,6H,1-3H2,(H,7,8);3-6H,1-2H2/b10-9-;;/t;4-;/m.0./s1. The average molecular weight is 490 g/mol. The number of carboxylic acid groups (broad SMARTS) is 2. The second kappa shape index (κ2) is 27.8. The zero-order valence-electron chi connectivity index (χ0n) is 21.3.